The van der Waals surface area contributed by atoms with Gasteiger partial charge in [0.25, 0.3) is 0 Å². The molecule has 0 spiro atoms. The van der Waals surface area contributed by atoms with Crippen LogP contribution < -0.4 is 20.1 Å². The van der Waals surface area contributed by atoms with E-state index in [9.17, 15) is 9.59 Å². The quantitative estimate of drug-likeness (QED) is 0.799. The third kappa shape index (κ3) is 5.24. The molecule has 0 bridgehead atoms. The molecule has 0 aliphatic heterocycles. The van der Waals surface area contributed by atoms with Crippen LogP contribution in [0.25, 0.3) is 0 Å². The number of hydrogen-bond acceptors (Lipinski definition) is 4. The minimum atomic E-state index is -0.412. The minimum absolute atomic E-state index is 0.100. The van der Waals surface area contributed by atoms with Crippen molar-refractivity contribution in [1.82, 2.24) is 5.32 Å². The van der Waals surface area contributed by atoms with Crippen molar-refractivity contribution in [3.05, 3.63) is 53.6 Å². The van der Waals surface area contributed by atoms with E-state index in [1.54, 1.807) is 25.3 Å². The van der Waals surface area contributed by atoms with Crippen LogP contribution in [0.1, 0.15) is 30.5 Å². The lowest BCUT2D eigenvalue weighted by Gasteiger charge is -2.19. The molecule has 1 atom stereocenters. The van der Waals surface area contributed by atoms with Gasteiger partial charge in [0.1, 0.15) is 11.5 Å². The van der Waals surface area contributed by atoms with E-state index in [-0.39, 0.29) is 18.2 Å². The van der Waals surface area contributed by atoms with E-state index in [0.717, 1.165) is 11.1 Å². The number of hydrogen-bond donors (Lipinski definition) is 2. The molecule has 2 amide bonds. The third-order valence-electron chi connectivity index (χ3n) is 3.93. The average Bonchev–Trinajstić information content (AvgIpc) is 2.61. The summed E-state index contributed by atoms with van der Waals surface area (Å²) < 4.78 is 10.5. The molecular weight excluding hydrogens is 332 g/mol. The number of benzene rings is 2. The molecule has 1 unspecified atom stereocenters. The Morgan fingerprint density at radius 2 is 1.73 bits per heavy atom. The number of ether oxygens (including phenoxy) is 2. The summed E-state index contributed by atoms with van der Waals surface area (Å²) in [4.78, 5) is 24.1. The van der Waals surface area contributed by atoms with Crippen molar-refractivity contribution in [3.63, 3.8) is 0 Å². The molecule has 26 heavy (non-hydrogen) atoms. The van der Waals surface area contributed by atoms with Crippen LogP contribution in [-0.4, -0.2) is 26.0 Å². The van der Waals surface area contributed by atoms with Gasteiger partial charge in [0.05, 0.1) is 32.4 Å². The van der Waals surface area contributed by atoms with Gasteiger partial charge >= 0.3 is 0 Å². The number of carbonyl (C=O) groups is 2. The molecule has 0 aliphatic rings. The summed E-state index contributed by atoms with van der Waals surface area (Å²) in [5.41, 5.74) is 2.50. The minimum Gasteiger partial charge on any atom is -0.497 e. The molecule has 0 radical (unpaired) electrons. The highest BCUT2D eigenvalue weighted by molar-refractivity contribution is 5.93. The van der Waals surface area contributed by atoms with Crippen molar-refractivity contribution in [2.24, 2.45) is 0 Å². The number of carbonyl (C=O) groups excluding carboxylic acids is 2. The Hall–Kier alpha value is -3.02. The zero-order valence-electron chi connectivity index (χ0n) is 15.5. The van der Waals surface area contributed by atoms with Gasteiger partial charge in [-0.05, 0) is 24.6 Å². The summed E-state index contributed by atoms with van der Waals surface area (Å²) in [7, 11) is 3.08. The number of aryl methyl sites for hydroxylation is 1. The third-order valence-corrected chi connectivity index (χ3v) is 3.93. The zero-order chi connectivity index (χ0) is 19.1. The predicted octanol–water partition coefficient (Wildman–Crippen LogP) is 3.22. The van der Waals surface area contributed by atoms with Gasteiger partial charge in [0, 0.05) is 13.0 Å². The first kappa shape index (κ1) is 19.3. The first-order valence-electron chi connectivity index (χ1n) is 8.28. The van der Waals surface area contributed by atoms with E-state index in [0.29, 0.717) is 17.2 Å². The smallest absolute Gasteiger partial charge is 0.226 e. The van der Waals surface area contributed by atoms with Crippen LogP contribution in [0.3, 0.4) is 0 Å². The second-order valence-corrected chi connectivity index (χ2v) is 5.98. The van der Waals surface area contributed by atoms with Crippen molar-refractivity contribution >= 4 is 17.5 Å². The highest BCUT2D eigenvalue weighted by Crippen LogP contribution is 2.29. The van der Waals surface area contributed by atoms with E-state index in [2.05, 4.69) is 10.6 Å². The molecule has 6 nitrogen and oxygen atoms in total. The molecule has 2 rings (SSSR count). The molecule has 0 saturated heterocycles. The fraction of sp³-hybridized carbons (Fsp3) is 0.300. The molecule has 6 heteroatoms. The maximum absolute atomic E-state index is 12.6. The van der Waals surface area contributed by atoms with E-state index in [1.807, 2.05) is 31.2 Å². The maximum atomic E-state index is 12.6. The molecule has 2 aromatic rings. The van der Waals surface area contributed by atoms with E-state index in [1.165, 1.54) is 14.0 Å². The summed E-state index contributed by atoms with van der Waals surface area (Å²) in [6, 6.07) is 12.5. The maximum Gasteiger partial charge on any atom is 0.226 e. The van der Waals surface area contributed by atoms with Crippen LogP contribution in [0, 0.1) is 6.92 Å². The number of rotatable bonds is 7. The van der Waals surface area contributed by atoms with Crippen molar-refractivity contribution in [2.75, 3.05) is 19.5 Å². The molecule has 0 aromatic heterocycles. The molecule has 0 fully saturated rings. The van der Waals surface area contributed by atoms with E-state index in [4.69, 9.17) is 9.47 Å². The number of nitrogens with one attached hydrogen (secondary N) is 2. The van der Waals surface area contributed by atoms with Gasteiger partial charge in [-0.2, -0.15) is 0 Å². The fourth-order valence-corrected chi connectivity index (χ4v) is 2.59. The van der Waals surface area contributed by atoms with Crippen LogP contribution in [0.2, 0.25) is 0 Å². The van der Waals surface area contributed by atoms with Gasteiger partial charge in [-0.15, -0.1) is 0 Å². The summed E-state index contributed by atoms with van der Waals surface area (Å²) >= 11 is 0. The van der Waals surface area contributed by atoms with Crippen LogP contribution in [-0.2, 0) is 9.59 Å². The Balaban J connectivity index is 2.17. The Labute approximate surface area is 153 Å². The molecule has 0 heterocycles. The number of amides is 2. The standard InChI is InChI=1S/C20H24N2O4/c1-13-5-7-15(8-6-13)17(21-14(2)23)12-20(24)22-18-11-16(25-3)9-10-19(18)26-4/h5-11,17H,12H2,1-4H3,(H,21,23)(H,22,24). The first-order chi connectivity index (χ1) is 12.4. The first-order valence-corrected chi connectivity index (χ1v) is 8.28. The number of anilines is 1. The molecule has 2 N–H and O–H groups in total. The second kappa shape index (κ2) is 8.89. The fourth-order valence-electron chi connectivity index (χ4n) is 2.59. The van der Waals surface area contributed by atoms with Crippen molar-refractivity contribution in [2.45, 2.75) is 26.3 Å². The molecule has 0 saturated carbocycles. The van der Waals surface area contributed by atoms with Gasteiger partial charge in [0.2, 0.25) is 11.8 Å². The highest BCUT2D eigenvalue weighted by Gasteiger charge is 2.18. The lowest BCUT2D eigenvalue weighted by atomic mass is 10.0. The van der Waals surface area contributed by atoms with Gasteiger partial charge in [-0.1, -0.05) is 29.8 Å². The van der Waals surface area contributed by atoms with Crippen molar-refractivity contribution in [1.29, 1.82) is 0 Å². The van der Waals surface area contributed by atoms with Crippen molar-refractivity contribution < 1.29 is 19.1 Å². The zero-order valence-corrected chi connectivity index (χ0v) is 15.5. The summed E-state index contributed by atoms with van der Waals surface area (Å²) in [5, 5.41) is 5.65. The summed E-state index contributed by atoms with van der Waals surface area (Å²) in [5.74, 6) is 0.710. The normalized spacial score (nSPS) is 11.4. The van der Waals surface area contributed by atoms with Gasteiger partial charge in [0.15, 0.2) is 0 Å². The highest BCUT2D eigenvalue weighted by atomic mass is 16.5. The molecular formula is C20H24N2O4. The molecule has 0 aliphatic carbocycles. The topological polar surface area (TPSA) is 76.7 Å². The lowest BCUT2D eigenvalue weighted by molar-refractivity contribution is -0.120. The SMILES string of the molecule is COc1ccc(OC)c(NC(=O)CC(NC(C)=O)c2ccc(C)cc2)c1. The van der Waals surface area contributed by atoms with Gasteiger partial charge in [-0.25, -0.2) is 0 Å². The van der Waals surface area contributed by atoms with E-state index >= 15 is 0 Å². The summed E-state index contributed by atoms with van der Waals surface area (Å²) in [6.07, 6.45) is 0.100. The summed E-state index contributed by atoms with van der Waals surface area (Å²) in [6.45, 7) is 3.42. The Morgan fingerprint density at radius 3 is 2.31 bits per heavy atom. The molecule has 2 aromatic carbocycles. The predicted molar refractivity (Wildman–Crippen MR) is 101 cm³/mol. The van der Waals surface area contributed by atoms with Crippen LogP contribution in [0.5, 0.6) is 11.5 Å². The van der Waals surface area contributed by atoms with E-state index < -0.39 is 6.04 Å². The van der Waals surface area contributed by atoms with Crippen molar-refractivity contribution in [3.8, 4) is 11.5 Å². The number of methoxy groups -OCH3 is 2. The molecule has 138 valence electrons. The lowest BCUT2D eigenvalue weighted by Crippen LogP contribution is -2.29. The average molecular weight is 356 g/mol. The Bertz CT molecular complexity index is 772. The van der Waals surface area contributed by atoms with Gasteiger partial charge < -0.3 is 20.1 Å². The van der Waals surface area contributed by atoms with Crippen LogP contribution >= 0.6 is 0 Å². The van der Waals surface area contributed by atoms with Gasteiger partial charge in [-0.3, -0.25) is 9.59 Å². The van der Waals surface area contributed by atoms with Crippen LogP contribution in [0.4, 0.5) is 5.69 Å². The largest absolute Gasteiger partial charge is 0.497 e. The monoisotopic (exact) mass is 356 g/mol. The Kier molecular flexibility index (Phi) is 6.60. The Morgan fingerprint density at radius 1 is 1.04 bits per heavy atom. The second-order valence-electron chi connectivity index (χ2n) is 5.98. The van der Waals surface area contributed by atoms with Crippen LogP contribution in [0.15, 0.2) is 42.5 Å².